The van der Waals surface area contributed by atoms with Gasteiger partial charge in [0.25, 0.3) is 0 Å². The standard InChI is InChI=1S/C16H28N4O6S/c1-8(2)12(17)14(23)19-10(7-27)13(22)18-9(6-21)15(24)20-5-3-4-11(20)16(25)26/h8-12,21,27H,3-7,17H2,1-2H3,(H,18,22)(H,19,23)(H,25,26). The molecule has 10 nitrogen and oxygen atoms in total. The quantitative estimate of drug-likeness (QED) is 0.241. The number of carbonyl (C=O) groups excluding carboxylic acids is 3. The van der Waals surface area contributed by atoms with Crippen LogP contribution in [0.5, 0.6) is 0 Å². The van der Waals surface area contributed by atoms with Gasteiger partial charge in [0, 0.05) is 12.3 Å². The Labute approximate surface area is 163 Å². The summed E-state index contributed by atoms with van der Waals surface area (Å²) in [5, 5.41) is 23.5. The van der Waals surface area contributed by atoms with Gasteiger partial charge in [-0.2, -0.15) is 12.6 Å². The van der Waals surface area contributed by atoms with Crippen molar-refractivity contribution in [2.75, 3.05) is 18.9 Å². The first-order valence-corrected chi connectivity index (χ1v) is 9.38. The third-order valence-corrected chi connectivity index (χ3v) is 4.82. The van der Waals surface area contributed by atoms with E-state index in [1.165, 1.54) is 0 Å². The van der Waals surface area contributed by atoms with Crippen LogP contribution in [0, 0.1) is 5.92 Å². The van der Waals surface area contributed by atoms with Crippen molar-refractivity contribution < 1.29 is 29.4 Å². The molecule has 0 saturated carbocycles. The van der Waals surface area contributed by atoms with Crippen LogP contribution < -0.4 is 16.4 Å². The number of carbonyl (C=O) groups is 4. The van der Waals surface area contributed by atoms with Crippen LogP contribution in [0.15, 0.2) is 0 Å². The second-order valence-corrected chi connectivity index (χ2v) is 7.15. The third-order valence-electron chi connectivity index (χ3n) is 4.45. The Bertz CT molecular complexity index is 573. The number of likely N-dealkylation sites (tertiary alicyclic amines) is 1. The molecular weight excluding hydrogens is 376 g/mol. The molecule has 0 aromatic heterocycles. The largest absolute Gasteiger partial charge is 0.480 e. The number of nitrogens with two attached hydrogens (primary N) is 1. The van der Waals surface area contributed by atoms with E-state index in [9.17, 15) is 29.4 Å². The van der Waals surface area contributed by atoms with Crippen LogP contribution in [0.25, 0.3) is 0 Å². The molecule has 154 valence electrons. The fourth-order valence-corrected chi connectivity index (χ4v) is 2.97. The maximum atomic E-state index is 12.5. The topological polar surface area (TPSA) is 162 Å². The van der Waals surface area contributed by atoms with E-state index in [4.69, 9.17) is 5.73 Å². The van der Waals surface area contributed by atoms with Crippen molar-refractivity contribution in [2.24, 2.45) is 11.7 Å². The molecule has 0 spiro atoms. The van der Waals surface area contributed by atoms with Crippen LogP contribution in [-0.2, 0) is 19.2 Å². The maximum absolute atomic E-state index is 12.5. The summed E-state index contributed by atoms with van der Waals surface area (Å²) in [6, 6.07) is -4.15. The van der Waals surface area contributed by atoms with E-state index < -0.39 is 54.5 Å². The molecular formula is C16H28N4O6S. The van der Waals surface area contributed by atoms with Crippen LogP contribution in [0.1, 0.15) is 26.7 Å². The number of aliphatic hydroxyl groups excluding tert-OH is 1. The molecule has 0 aromatic rings. The zero-order chi connectivity index (χ0) is 20.7. The zero-order valence-corrected chi connectivity index (χ0v) is 16.3. The van der Waals surface area contributed by atoms with Crippen molar-refractivity contribution in [1.82, 2.24) is 15.5 Å². The van der Waals surface area contributed by atoms with E-state index >= 15 is 0 Å². The lowest BCUT2D eigenvalue weighted by Gasteiger charge is -2.27. The molecule has 0 bridgehead atoms. The molecule has 0 aromatic carbocycles. The highest BCUT2D eigenvalue weighted by atomic mass is 32.1. The Morgan fingerprint density at radius 3 is 2.26 bits per heavy atom. The lowest BCUT2D eigenvalue weighted by atomic mass is 10.0. The lowest BCUT2D eigenvalue weighted by Crippen LogP contribution is -2.59. The van der Waals surface area contributed by atoms with Gasteiger partial charge in [-0.25, -0.2) is 4.79 Å². The Morgan fingerprint density at radius 2 is 1.78 bits per heavy atom. The van der Waals surface area contributed by atoms with E-state index in [2.05, 4.69) is 23.3 Å². The predicted molar refractivity (Wildman–Crippen MR) is 100.0 cm³/mol. The van der Waals surface area contributed by atoms with Crippen molar-refractivity contribution in [3.63, 3.8) is 0 Å². The van der Waals surface area contributed by atoms with Gasteiger partial charge in [-0.3, -0.25) is 14.4 Å². The van der Waals surface area contributed by atoms with Gasteiger partial charge in [0.15, 0.2) is 0 Å². The molecule has 1 fully saturated rings. The fraction of sp³-hybridized carbons (Fsp3) is 0.750. The SMILES string of the molecule is CC(C)C(N)C(=O)NC(CS)C(=O)NC(CO)C(=O)N1CCCC1C(=O)O. The summed E-state index contributed by atoms with van der Waals surface area (Å²) in [6.07, 6.45) is 0.840. The first-order valence-electron chi connectivity index (χ1n) is 8.75. The predicted octanol–water partition coefficient (Wildman–Crippen LogP) is -2.06. The Balaban J connectivity index is 2.76. The van der Waals surface area contributed by atoms with Gasteiger partial charge in [-0.15, -0.1) is 0 Å². The molecule has 4 atom stereocenters. The highest BCUT2D eigenvalue weighted by Crippen LogP contribution is 2.18. The molecule has 6 N–H and O–H groups in total. The van der Waals surface area contributed by atoms with Gasteiger partial charge in [0.1, 0.15) is 18.1 Å². The van der Waals surface area contributed by atoms with Crippen molar-refractivity contribution in [1.29, 1.82) is 0 Å². The fourth-order valence-electron chi connectivity index (χ4n) is 2.71. The lowest BCUT2D eigenvalue weighted by molar-refractivity contribution is -0.150. The van der Waals surface area contributed by atoms with Crippen LogP contribution in [0.4, 0.5) is 0 Å². The normalized spacial score (nSPS) is 20.1. The number of rotatable bonds is 9. The van der Waals surface area contributed by atoms with E-state index in [0.717, 1.165) is 4.90 Å². The number of nitrogens with one attached hydrogen (secondary N) is 2. The second kappa shape index (κ2) is 10.5. The summed E-state index contributed by atoms with van der Waals surface area (Å²) in [5.41, 5.74) is 5.74. The Morgan fingerprint density at radius 1 is 1.19 bits per heavy atom. The molecule has 11 heteroatoms. The van der Waals surface area contributed by atoms with Crippen molar-refractivity contribution in [3.05, 3.63) is 0 Å². The summed E-state index contributed by atoms with van der Waals surface area (Å²) in [4.78, 5) is 49.3. The summed E-state index contributed by atoms with van der Waals surface area (Å²) in [6.45, 7) is 3.05. The zero-order valence-electron chi connectivity index (χ0n) is 15.4. The Kier molecular flexibility index (Phi) is 9.00. The molecule has 4 unspecified atom stereocenters. The first-order chi connectivity index (χ1) is 12.6. The number of carboxylic acids is 1. The van der Waals surface area contributed by atoms with Crippen LogP contribution >= 0.6 is 12.6 Å². The molecule has 1 aliphatic heterocycles. The first kappa shape index (κ1) is 23.2. The molecule has 1 rings (SSSR count). The molecule has 0 radical (unpaired) electrons. The summed E-state index contributed by atoms with van der Waals surface area (Å²) in [5.74, 6) is -3.24. The smallest absolute Gasteiger partial charge is 0.326 e. The van der Waals surface area contributed by atoms with Gasteiger partial charge in [-0.05, 0) is 18.8 Å². The molecule has 27 heavy (non-hydrogen) atoms. The Hall–Kier alpha value is -1.85. The van der Waals surface area contributed by atoms with Crippen molar-refractivity contribution in [2.45, 2.75) is 50.9 Å². The van der Waals surface area contributed by atoms with Gasteiger partial charge in [-0.1, -0.05) is 13.8 Å². The number of thiol groups is 1. The van der Waals surface area contributed by atoms with E-state index in [-0.39, 0.29) is 18.2 Å². The highest BCUT2D eigenvalue weighted by molar-refractivity contribution is 7.80. The van der Waals surface area contributed by atoms with Gasteiger partial charge < -0.3 is 31.5 Å². The molecule has 1 saturated heterocycles. The minimum Gasteiger partial charge on any atom is -0.480 e. The monoisotopic (exact) mass is 404 g/mol. The summed E-state index contributed by atoms with van der Waals surface area (Å²) >= 11 is 4.03. The van der Waals surface area contributed by atoms with Crippen molar-refractivity contribution >= 4 is 36.3 Å². The molecule has 0 aliphatic carbocycles. The minimum absolute atomic E-state index is 0.0454. The average Bonchev–Trinajstić information content (AvgIpc) is 3.12. The molecule has 3 amide bonds. The number of hydrogen-bond acceptors (Lipinski definition) is 7. The van der Waals surface area contributed by atoms with E-state index in [1.54, 1.807) is 13.8 Å². The number of nitrogens with zero attached hydrogens (tertiary/aromatic N) is 1. The van der Waals surface area contributed by atoms with E-state index in [0.29, 0.717) is 12.8 Å². The van der Waals surface area contributed by atoms with Crippen LogP contribution in [0.3, 0.4) is 0 Å². The van der Waals surface area contributed by atoms with E-state index in [1.807, 2.05) is 0 Å². The van der Waals surface area contributed by atoms with Gasteiger partial charge in [0.05, 0.1) is 12.6 Å². The highest BCUT2D eigenvalue weighted by Gasteiger charge is 2.38. The minimum atomic E-state index is -1.31. The number of amides is 3. The maximum Gasteiger partial charge on any atom is 0.326 e. The number of aliphatic carboxylic acids is 1. The second-order valence-electron chi connectivity index (χ2n) is 6.79. The average molecular weight is 404 g/mol. The molecule has 1 aliphatic rings. The third kappa shape index (κ3) is 6.08. The molecule has 1 heterocycles. The van der Waals surface area contributed by atoms with Gasteiger partial charge in [0.2, 0.25) is 17.7 Å². The van der Waals surface area contributed by atoms with Crippen molar-refractivity contribution in [3.8, 4) is 0 Å². The van der Waals surface area contributed by atoms with Gasteiger partial charge >= 0.3 is 5.97 Å². The number of carboxylic acid groups (broad SMARTS) is 1. The summed E-state index contributed by atoms with van der Waals surface area (Å²) in [7, 11) is 0. The van der Waals surface area contributed by atoms with Crippen LogP contribution in [-0.4, -0.2) is 81.9 Å². The number of hydrogen-bond donors (Lipinski definition) is 6. The van der Waals surface area contributed by atoms with Crippen LogP contribution in [0.2, 0.25) is 0 Å². The number of aliphatic hydroxyl groups is 1. The summed E-state index contributed by atoms with van der Waals surface area (Å²) < 4.78 is 0.